The summed E-state index contributed by atoms with van der Waals surface area (Å²) in [4.78, 5) is 2.29. The summed E-state index contributed by atoms with van der Waals surface area (Å²) >= 11 is 0. The number of hydrogen-bond donors (Lipinski definition) is 0. The fourth-order valence-electron chi connectivity index (χ4n) is 5.41. The first-order chi connectivity index (χ1) is 18.3. The fourth-order valence-corrected chi connectivity index (χ4v) is 5.41. The average Bonchev–Trinajstić information content (AvgIpc) is 2.98. The van der Waals surface area contributed by atoms with Gasteiger partial charge >= 0.3 is 0 Å². The van der Waals surface area contributed by atoms with Crippen LogP contribution in [0.3, 0.4) is 0 Å². The Morgan fingerprint density at radius 2 is 0.784 bits per heavy atom. The van der Waals surface area contributed by atoms with E-state index >= 15 is 0 Å². The largest absolute Gasteiger partial charge is 0.311 e. The number of nitrogens with zero attached hydrogens (tertiary/aromatic N) is 1. The van der Waals surface area contributed by atoms with Gasteiger partial charge < -0.3 is 4.90 Å². The molecule has 7 rings (SSSR count). The van der Waals surface area contributed by atoms with E-state index in [1.165, 1.54) is 43.4 Å². The van der Waals surface area contributed by atoms with Crippen LogP contribution in [0.15, 0.2) is 152 Å². The second-order valence-electron chi connectivity index (χ2n) is 9.44. The van der Waals surface area contributed by atoms with Gasteiger partial charge in [0.2, 0.25) is 0 Å². The van der Waals surface area contributed by atoms with Crippen molar-refractivity contribution in [3.8, 4) is 11.1 Å². The lowest BCUT2D eigenvalue weighted by molar-refractivity contribution is 1.28. The number of fused-ring (bicyclic) bond motifs is 5. The van der Waals surface area contributed by atoms with Gasteiger partial charge in [0, 0.05) is 17.1 Å². The van der Waals surface area contributed by atoms with Gasteiger partial charge in [-0.25, -0.2) is 0 Å². The molecular formula is C36H25N. The average molecular weight is 472 g/mol. The molecule has 0 unspecified atom stereocenters. The Morgan fingerprint density at radius 1 is 0.297 bits per heavy atom. The topological polar surface area (TPSA) is 3.24 Å². The Bertz CT molecular complexity index is 1810. The van der Waals surface area contributed by atoms with Gasteiger partial charge in [0.25, 0.3) is 0 Å². The van der Waals surface area contributed by atoms with Gasteiger partial charge in [0.1, 0.15) is 0 Å². The highest BCUT2D eigenvalue weighted by Gasteiger charge is 2.12. The first-order valence-electron chi connectivity index (χ1n) is 12.7. The molecule has 0 amide bonds. The molecule has 0 saturated carbocycles. The summed E-state index contributed by atoms with van der Waals surface area (Å²) in [6.07, 6.45) is 0. The molecule has 0 saturated heterocycles. The van der Waals surface area contributed by atoms with Crippen molar-refractivity contribution in [2.24, 2.45) is 0 Å². The van der Waals surface area contributed by atoms with Crippen LogP contribution in [0.2, 0.25) is 0 Å². The van der Waals surface area contributed by atoms with E-state index in [0.29, 0.717) is 0 Å². The van der Waals surface area contributed by atoms with E-state index in [-0.39, 0.29) is 0 Å². The van der Waals surface area contributed by atoms with Crippen LogP contribution >= 0.6 is 0 Å². The van der Waals surface area contributed by atoms with Crippen LogP contribution < -0.4 is 4.90 Å². The molecule has 0 heterocycles. The highest BCUT2D eigenvalue weighted by molar-refractivity contribution is 6.17. The van der Waals surface area contributed by atoms with E-state index in [1.54, 1.807) is 0 Å². The molecule has 0 aromatic heterocycles. The van der Waals surface area contributed by atoms with Crippen molar-refractivity contribution in [2.45, 2.75) is 0 Å². The number of benzene rings is 7. The van der Waals surface area contributed by atoms with Crippen LogP contribution in [0.4, 0.5) is 17.1 Å². The molecule has 174 valence electrons. The maximum Gasteiger partial charge on any atom is 0.0462 e. The normalized spacial score (nSPS) is 11.2. The fraction of sp³-hybridized carbons (Fsp3) is 0. The Labute approximate surface area is 216 Å². The van der Waals surface area contributed by atoms with Gasteiger partial charge in [-0.3, -0.25) is 0 Å². The van der Waals surface area contributed by atoms with Gasteiger partial charge in [-0.2, -0.15) is 0 Å². The van der Waals surface area contributed by atoms with Crippen molar-refractivity contribution >= 4 is 49.4 Å². The molecule has 0 aliphatic carbocycles. The monoisotopic (exact) mass is 471 g/mol. The van der Waals surface area contributed by atoms with Crippen LogP contribution in [-0.2, 0) is 0 Å². The molecule has 0 bridgehead atoms. The molecule has 7 aromatic rings. The van der Waals surface area contributed by atoms with Gasteiger partial charge in [0.15, 0.2) is 0 Å². The third-order valence-electron chi connectivity index (χ3n) is 7.23. The zero-order valence-electron chi connectivity index (χ0n) is 20.4. The van der Waals surface area contributed by atoms with Crippen molar-refractivity contribution < 1.29 is 0 Å². The first-order valence-corrected chi connectivity index (χ1v) is 12.7. The maximum absolute atomic E-state index is 2.31. The van der Waals surface area contributed by atoms with E-state index in [4.69, 9.17) is 0 Å². The Hall–Kier alpha value is -4.88. The molecule has 7 aromatic carbocycles. The number of hydrogen-bond acceptors (Lipinski definition) is 1. The van der Waals surface area contributed by atoms with E-state index in [2.05, 4.69) is 157 Å². The van der Waals surface area contributed by atoms with Crippen LogP contribution in [0.1, 0.15) is 0 Å². The van der Waals surface area contributed by atoms with Crippen molar-refractivity contribution in [1.82, 2.24) is 0 Å². The Balaban J connectivity index is 1.28. The summed E-state index contributed by atoms with van der Waals surface area (Å²) in [7, 11) is 0. The van der Waals surface area contributed by atoms with Gasteiger partial charge in [-0.15, -0.1) is 0 Å². The van der Waals surface area contributed by atoms with Crippen molar-refractivity contribution in [3.63, 3.8) is 0 Å². The van der Waals surface area contributed by atoms with Crippen molar-refractivity contribution in [2.75, 3.05) is 4.90 Å². The van der Waals surface area contributed by atoms with E-state index < -0.39 is 0 Å². The molecule has 0 N–H and O–H groups in total. The number of para-hydroxylation sites is 2. The Kier molecular flexibility index (Phi) is 5.19. The summed E-state index contributed by atoms with van der Waals surface area (Å²) in [5.74, 6) is 0. The summed E-state index contributed by atoms with van der Waals surface area (Å²) in [6.45, 7) is 0. The lowest BCUT2D eigenvalue weighted by atomic mass is 9.95. The summed E-state index contributed by atoms with van der Waals surface area (Å²) in [5.41, 5.74) is 5.87. The van der Waals surface area contributed by atoms with Crippen LogP contribution in [0, 0.1) is 0 Å². The third kappa shape index (κ3) is 3.82. The lowest BCUT2D eigenvalue weighted by Crippen LogP contribution is -2.09. The zero-order valence-corrected chi connectivity index (χ0v) is 20.4. The second kappa shape index (κ2) is 8.96. The predicted octanol–water partition coefficient (Wildman–Crippen LogP) is 10.3. The first kappa shape index (κ1) is 21.4. The zero-order chi connectivity index (χ0) is 24.6. The van der Waals surface area contributed by atoms with Gasteiger partial charge in [-0.05, 0) is 85.9 Å². The maximum atomic E-state index is 2.31. The molecule has 1 nitrogen and oxygen atoms in total. The van der Waals surface area contributed by atoms with E-state index in [0.717, 1.165) is 17.1 Å². The second-order valence-corrected chi connectivity index (χ2v) is 9.44. The molecule has 1 heteroatoms. The van der Waals surface area contributed by atoms with Crippen molar-refractivity contribution in [3.05, 3.63) is 152 Å². The summed E-state index contributed by atoms with van der Waals surface area (Å²) in [6, 6.07) is 54.4. The predicted molar refractivity (Wildman–Crippen MR) is 159 cm³/mol. The molecule has 0 fully saturated rings. The minimum Gasteiger partial charge on any atom is -0.311 e. The van der Waals surface area contributed by atoms with E-state index in [1.807, 2.05) is 0 Å². The highest BCUT2D eigenvalue weighted by Crippen LogP contribution is 2.37. The van der Waals surface area contributed by atoms with Gasteiger partial charge in [-0.1, -0.05) is 109 Å². The molecule has 0 spiro atoms. The molecule has 0 aliphatic rings. The molecule has 0 atom stereocenters. The number of anilines is 3. The molecule has 0 aliphatic heterocycles. The van der Waals surface area contributed by atoms with Crippen molar-refractivity contribution in [1.29, 1.82) is 0 Å². The lowest BCUT2D eigenvalue weighted by Gasteiger charge is -2.25. The third-order valence-corrected chi connectivity index (χ3v) is 7.23. The van der Waals surface area contributed by atoms with E-state index in [9.17, 15) is 0 Å². The smallest absolute Gasteiger partial charge is 0.0462 e. The van der Waals surface area contributed by atoms with Crippen LogP contribution in [-0.4, -0.2) is 0 Å². The highest BCUT2D eigenvalue weighted by atomic mass is 15.1. The summed E-state index contributed by atoms with van der Waals surface area (Å²) < 4.78 is 0. The summed E-state index contributed by atoms with van der Waals surface area (Å²) in [5, 5.41) is 7.76. The quantitative estimate of drug-likeness (QED) is 0.231. The Morgan fingerprint density at radius 3 is 1.46 bits per heavy atom. The SMILES string of the molecule is c1ccc(N(c2ccccc2)c2ccc(-c3ccc4c(ccc5c6ccccc6ccc45)c3)cc2)cc1. The minimum absolute atomic E-state index is 1.14. The molecule has 37 heavy (non-hydrogen) atoms. The van der Waals surface area contributed by atoms with Crippen LogP contribution in [0.25, 0.3) is 43.4 Å². The van der Waals surface area contributed by atoms with Crippen LogP contribution in [0.5, 0.6) is 0 Å². The molecule has 0 radical (unpaired) electrons. The number of rotatable bonds is 4. The van der Waals surface area contributed by atoms with Gasteiger partial charge in [0.05, 0.1) is 0 Å². The molecular weight excluding hydrogens is 446 g/mol. The standard InChI is InChI=1S/C36H25N/c1-3-10-30(11-4-1)37(31-12-5-2-6-13-31)32-20-15-26(16-21-32)28-18-22-34-29(25-28)19-24-35-33-14-8-7-9-27(33)17-23-36(34)35/h1-25H. The minimum atomic E-state index is 1.14.